The average Bonchev–Trinajstić information content (AvgIpc) is 3.33. The van der Waals surface area contributed by atoms with Crippen molar-refractivity contribution in [2.75, 3.05) is 6.61 Å². The van der Waals surface area contributed by atoms with Gasteiger partial charge in [0.05, 0.1) is 29.7 Å². The summed E-state index contributed by atoms with van der Waals surface area (Å²) >= 11 is 0. The number of aromatic nitrogens is 6. The van der Waals surface area contributed by atoms with Crippen molar-refractivity contribution in [1.29, 1.82) is 0 Å². The molecule has 2 atom stereocenters. The van der Waals surface area contributed by atoms with Gasteiger partial charge in [-0.2, -0.15) is 5.10 Å². The molecular weight excluding hydrogens is 488 g/mol. The number of benzene rings is 1. The summed E-state index contributed by atoms with van der Waals surface area (Å²) in [4.78, 5) is 18.6. The third-order valence-corrected chi connectivity index (χ3v) is 7.23. The molecule has 6 rings (SSSR count). The van der Waals surface area contributed by atoms with Crippen LogP contribution in [-0.4, -0.2) is 42.2 Å². The predicted molar refractivity (Wildman–Crippen MR) is 126 cm³/mol. The summed E-state index contributed by atoms with van der Waals surface area (Å²) in [5.41, 5.74) is 3.23. The third kappa shape index (κ3) is 4.45. The standard InChI is InChI=1S/C26H24F4N6O/c1-13-14(2)33-25-23(32-13)22(19-4-3-17(27)8-20(19)28)34-24(35-25)15-5-6-37-21(7-15)16-11-31-36(12-16)18-9-26(29,30)10-18/h3-4,8,11-12,15,18,21H,5-7,9-10H2,1-2H3/t15-,21+/m1/s1. The van der Waals surface area contributed by atoms with E-state index >= 15 is 0 Å². The van der Waals surface area contributed by atoms with Crippen molar-refractivity contribution in [3.05, 3.63) is 65.0 Å². The molecule has 1 aliphatic carbocycles. The van der Waals surface area contributed by atoms with Crippen molar-refractivity contribution in [2.45, 2.75) is 63.5 Å². The minimum absolute atomic E-state index is 0.120. The van der Waals surface area contributed by atoms with Gasteiger partial charge in [-0.1, -0.05) is 0 Å². The van der Waals surface area contributed by atoms with E-state index in [4.69, 9.17) is 14.7 Å². The summed E-state index contributed by atoms with van der Waals surface area (Å²) < 4.78 is 62.6. The molecule has 11 heteroatoms. The van der Waals surface area contributed by atoms with Gasteiger partial charge in [-0.25, -0.2) is 37.5 Å². The molecule has 3 aromatic heterocycles. The number of alkyl halides is 2. The second kappa shape index (κ2) is 8.83. The zero-order chi connectivity index (χ0) is 25.9. The second-order valence-corrected chi connectivity index (χ2v) is 9.87. The first-order valence-electron chi connectivity index (χ1n) is 12.2. The molecule has 0 unspecified atom stereocenters. The smallest absolute Gasteiger partial charge is 0.252 e. The number of ether oxygens (including phenoxy) is 1. The van der Waals surface area contributed by atoms with Crippen molar-refractivity contribution in [2.24, 2.45) is 0 Å². The third-order valence-electron chi connectivity index (χ3n) is 7.23. The van der Waals surface area contributed by atoms with Gasteiger partial charge in [0.15, 0.2) is 5.65 Å². The summed E-state index contributed by atoms with van der Waals surface area (Å²) in [7, 11) is 0. The van der Waals surface area contributed by atoms with Crippen LogP contribution in [0.15, 0.2) is 30.6 Å². The maximum atomic E-state index is 14.8. The molecule has 2 fully saturated rings. The lowest BCUT2D eigenvalue weighted by Crippen LogP contribution is -2.37. The lowest BCUT2D eigenvalue weighted by atomic mass is 9.88. The van der Waals surface area contributed by atoms with Gasteiger partial charge in [0.25, 0.3) is 5.92 Å². The molecule has 4 aromatic rings. The summed E-state index contributed by atoms with van der Waals surface area (Å²) in [6.07, 6.45) is 3.85. The Morgan fingerprint density at radius 3 is 2.57 bits per heavy atom. The Hall–Kier alpha value is -3.47. The predicted octanol–water partition coefficient (Wildman–Crippen LogP) is 5.78. The Labute approximate surface area is 209 Å². The van der Waals surface area contributed by atoms with E-state index in [9.17, 15) is 17.6 Å². The Kier molecular flexibility index (Phi) is 5.70. The monoisotopic (exact) mass is 512 g/mol. The molecule has 1 aromatic carbocycles. The Morgan fingerprint density at radius 1 is 1.03 bits per heavy atom. The molecule has 37 heavy (non-hydrogen) atoms. The first kappa shape index (κ1) is 23.9. The number of hydrogen-bond acceptors (Lipinski definition) is 6. The normalized spacial score (nSPS) is 21.8. The first-order valence-corrected chi connectivity index (χ1v) is 12.2. The summed E-state index contributed by atoms with van der Waals surface area (Å²) in [6, 6.07) is 3.03. The van der Waals surface area contributed by atoms with E-state index in [2.05, 4.69) is 15.1 Å². The minimum atomic E-state index is -2.63. The molecule has 2 aliphatic rings. The number of hydrogen-bond donors (Lipinski definition) is 0. The molecule has 1 saturated heterocycles. The van der Waals surface area contributed by atoms with Crippen LogP contribution in [0.5, 0.6) is 0 Å². The van der Waals surface area contributed by atoms with Crippen molar-refractivity contribution in [3.8, 4) is 11.3 Å². The second-order valence-electron chi connectivity index (χ2n) is 9.87. The van der Waals surface area contributed by atoms with Crippen LogP contribution in [0.4, 0.5) is 17.6 Å². The summed E-state index contributed by atoms with van der Waals surface area (Å²) in [6.45, 7) is 4.05. The fourth-order valence-electron chi connectivity index (χ4n) is 4.98. The Bertz CT molecular complexity index is 1500. The highest BCUT2D eigenvalue weighted by Gasteiger charge is 2.46. The molecule has 192 valence electrons. The lowest BCUT2D eigenvalue weighted by molar-refractivity contribution is -0.107. The van der Waals surface area contributed by atoms with Gasteiger partial charge in [0, 0.05) is 48.8 Å². The van der Waals surface area contributed by atoms with Crippen LogP contribution in [0.3, 0.4) is 0 Å². The van der Waals surface area contributed by atoms with Crippen LogP contribution in [0.1, 0.15) is 66.5 Å². The first-order chi connectivity index (χ1) is 17.7. The van der Waals surface area contributed by atoms with Crippen LogP contribution in [0.25, 0.3) is 22.4 Å². The molecule has 0 bridgehead atoms. The molecule has 0 N–H and O–H groups in total. The van der Waals surface area contributed by atoms with E-state index in [0.29, 0.717) is 47.8 Å². The highest BCUT2D eigenvalue weighted by molar-refractivity contribution is 5.87. The molecule has 4 heterocycles. The maximum absolute atomic E-state index is 14.8. The number of fused-ring (bicyclic) bond motifs is 1. The van der Waals surface area contributed by atoms with E-state index in [0.717, 1.165) is 11.6 Å². The van der Waals surface area contributed by atoms with Gasteiger partial charge in [-0.3, -0.25) is 4.68 Å². The van der Waals surface area contributed by atoms with Crippen LogP contribution in [-0.2, 0) is 4.74 Å². The van der Waals surface area contributed by atoms with E-state index < -0.39 is 17.6 Å². The van der Waals surface area contributed by atoms with Crippen molar-refractivity contribution >= 4 is 11.2 Å². The van der Waals surface area contributed by atoms with Gasteiger partial charge in [-0.05, 0) is 38.8 Å². The van der Waals surface area contributed by atoms with Crippen LogP contribution < -0.4 is 0 Å². The van der Waals surface area contributed by atoms with Gasteiger partial charge >= 0.3 is 0 Å². The number of aryl methyl sites for hydroxylation is 2. The molecule has 0 spiro atoms. The fourth-order valence-corrected chi connectivity index (χ4v) is 4.98. The van der Waals surface area contributed by atoms with Crippen molar-refractivity contribution in [1.82, 2.24) is 29.7 Å². The van der Waals surface area contributed by atoms with Gasteiger partial charge in [-0.15, -0.1) is 0 Å². The molecule has 1 aliphatic heterocycles. The maximum Gasteiger partial charge on any atom is 0.252 e. The Morgan fingerprint density at radius 2 is 1.81 bits per heavy atom. The van der Waals surface area contributed by atoms with E-state index in [-0.39, 0.29) is 42.2 Å². The molecule has 1 saturated carbocycles. The topological polar surface area (TPSA) is 78.6 Å². The SMILES string of the molecule is Cc1nc2nc([C@@H]3CCO[C@H](c4cnn(C5CC(F)(F)C5)c4)C3)nc(-c3ccc(F)cc3F)c2nc1C. The largest absolute Gasteiger partial charge is 0.373 e. The lowest BCUT2D eigenvalue weighted by Gasteiger charge is -2.34. The summed E-state index contributed by atoms with van der Waals surface area (Å²) in [5, 5.41) is 4.29. The number of halogens is 4. The molecule has 0 amide bonds. The van der Waals surface area contributed by atoms with E-state index in [1.165, 1.54) is 12.1 Å². The molecule has 0 radical (unpaired) electrons. The fraction of sp³-hybridized carbons (Fsp3) is 0.423. The molecule has 7 nitrogen and oxygen atoms in total. The summed E-state index contributed by atoms with van der Waals surface area (Å²) in [5.74, 6) is -3.72. The number of rotatable bonds is 4. The van der Waals surface area contributed by atoms with Crippen molar-refractivity contribution < 1.29 is 22.3 Å². The van der Waals surface area contributed by atoms with E-state index in [1.54, 1.807) is 24.0 Å². The average molecular weight is 513 g/mol. The molecular formula is C26H24F4N6O. The Balaban J connectivity index is 1.35. The van der Waals surface area contributed by atoms with Gasteiger partial charge in [0.1, 0.15) is 28.7 Å². The minimum Gasteiger partial charge on any atom is -0.373 e. The van der Waals surface area contributed by atoms with Crippen LogP contribution in [0.2, 0.25) is 0 Å². The van der Waals surface area contributed by atoms with Crippen LogP contribution in [0, 0.1) is 25.5 Å². The van der Waals surface area contributed by atoms with Gasteiger partial charge < -0.3 is 4.74 Å². The number of nitrogens with zero attached hydrogens (tertiary/aromatic N) is 6. The van der Waals surface area contributed by atoms with Gasteiger partial charge in [0.2, 0.25) is 0 Å². The zero-order valence-corrected chi connectivity index (χ0v) is 20.3. The highest BCUT2D eigenvalue weighted by atomic mass is 19.3. The van der Waals surface area contributed by atoms with Crippen LogP contribution >= 0.6 is 0 Å². The quantitative estimate of drug-likeness (QED) is 0.323. The van der Waals surface area contributed by atoms with Crippen molar-refractivity contribution in [3.63, 3.8) is 0 Å². The highest BCUT2D eigenvalue weighted by Crippen LogP contribution is 2.46. The zero-order valence-electron chi connectivity index (χ0n) is 20.3. The van der Waals surface area contributed by atoms with E-state index in [1.807, 2.05) is 6.92 Å².